The molecule has 29 heavy (non-hydrogen) atoms. The van der Waals surface area contributed by atoms with E-state index in [1.165, 1.54) is 0 Å². The van der Waals surface area contributed by atoms with Gasteiger partial charge in [-0.3, -0.25) is 9.48 Å². The number of aromatic nitrogens is 5. The summed E-state index contributed by atoms with van der Waals surface area (Å²) in [6.45, 7) is 5.73. The van der Waals surface area contributed by atoms with Crippen LogP contribution in [0.15, 0.2) is 30.6 Å². The summed E-state index contributed by atoms with van der Waals surface area (Å²) in [7, 11) is 1.88. The second kappa shape index (κ2) is 6.95. The Morgan fingerprint density at radius 2 is 2.07 bits per heavy atom. The quantitative estimate of drug-likeness (QED) is 0.681. The lowest BCUT2D eigenvalue weighted by molar-refractivity contribution is 0.0107. The molecule has 0 radical (unpaired) electrons. The van der Waals surface area contributed by atoms with Gasteiger partial charge in [0.05, 0.1) is 5.52 Å². The molecule has 2 saturated heterocycles. The lowest BCUT2D eigenvalue weighted by Gasteiger charge is -2.37. The van der Waals surface area contributed by atoms with Crippen molar-refractivity contribution in [1.82, 2.24) is 29.4 Å². The van der Waals surface area contributed by atoms with Crippen molar-refractivity contribution in [1.29, 1.82) is 0 Å². The van der Waals surface area contributed by atoms with Gasteiger partial charge in [0.1, 0.15) is 12.2 Å². The third kappa shape index (κ3) is 2.85. The number of aryl methyl sites for hydroxylation is 2. The smallest absolute Gasteiger partial charge is 0.275 e. The van der Waals surface area contributed by atoms with Crippen molar-refractivity contribution in [2.45, 2.75) is 32.2 Å². The minimum absolute atomic E-state index is 0.00210. The number of benzene rings is 1. The number of nitrogens with zero attached hydrogens (tertiary/aromatic N) is 6. The molecule has 0 bridgehead atoms. The number of carbonyl (C=O) groups is 1. The number of fused-ring (bicyclic) bond motifs is 1. The first-order chi connectivity index (χ1) is 14.1. The van der Waals surface area contributed by atoms with Crippen LogP contribution in [0.2, 0.25) is 0 Å². The highest BCUT2D eigenvalue weighted by Gasteiger charge is 2.51. The predicted octanol–water partition coefficient (Wildman–Crippen LogP) is 2.22. The zero-order chi connectivity index (χ0) is 20.0. The highest BCUT2D eigenvalue weighted by atomic mass is 16.5. The van der Waals surface area contributed by atoms with E-state index < -0.39 is 0 Å². The second-order valence-corrected chi connectivity index (χ2v) is 8.18. The van der Waals surface area contributed by atoms with E-state index in [1.54, 1.807) is 11.0 Å². The first-order valence-corrected chi connectivity index (χ1v) is 10.3. The summed E-state index contributed by atoms with van der Waals surface area (Å²) in [4.78, 5) is 15.5. The van der Waals surface area contributed by atoms with Crippen molar-refractivity contribution in [3.05, 3.63) is 42.1 Å². The van der Waals surface area contributed by atoms with Gasteiger partial charge in [0.2, 0.25) is 0 Å². The van der Waals surface area contributed by atoms with Crippen LogP contribution >= 0.6 is 0 Å². The summed E-state index contributed by atoms with van der Waals surface area (Å²) < 4.78 is 9.55. The molecule has 0 N–H and O–H groups in total. The summed E-state index contributed by atoms with van der Waals surface area (Å²) in [5.41, 5.74) is 1.49. The number of rotatable bonds is 3. The number of ether oxygens (including phenoxy) is 1. The second-order valence-electron chi connectivity index (χ2n) is 8.18. The van der Waals surface area contributed by atoms with E-state index in [1.807, 2.05) is 36.2 Å². The van der Waals surface area contributed by atoms with Gasteiger partial charge in [0.15, 0.2) is 5.69 Å². The summed E-state index contributed by atoms with van der Waals surface area (Å²) in [5, 5.41) is 14.1. The van der Waals surface area contributed by atoms with Crippen molar-refractivity contribution in [3.8, 4) is 0 Å². The van der Waals surface area contributed by atoms with Crippen LogP contribution in [0, 0.1) is 5.41 Å². The molecule has 152 valence electrons. The van der Waals surface area contributed by atoms with Crippen LogP contribution in [0.4, 0.5) is 0 Å². The number of hydrogen-bond donors (Lipinski definition) is 0. The molecule has 0 saturated carbocycles. The highest BCUT2D eigenvalue weighted by molar-refractivity contribution is 6.05. The largest absolute Gasteiger partial charge is 0.381 e. The van der Waals surface area contributed by atoms with Gasteiger partial charge >= 0.3 is 0 Å². The number of para-hydroxylation sites is 1. The number of carbonyl (C=O) groups excluding carboxylic acids is 1. The maximum atomic E-state index is 13.5. The molecular formula is C21H26N6O2. The van der Waals surface area contributed by atoms with Gasteiger partial charge in [-0.2, -0.15) is 5.10 Å². The number of amides is 1. The minimum atomic E-state index is -0.0154. The van der Waals surface area contributed by atoms with Crippen LogP contribution < -0.4 is 0 Å². The zero-order valence-electron chi connectivity index (χ0n) is 16.9. The monoisotopic (exact) mass is 394 g/mol. The van der Waals surface area contributed by atoms with E-state index in [0.717, 1.165) is 49.3 Å². The van der Waals surface area contributed by atoms with Crippen LogP contribution in [0.5, 0.6) is 0 Å². The van der Waals surface area contributed by atoms with Crippen molar-refractivity contribution in [2.24, 2.45) is 12.5 Å². The van der Waals surface area contributed by atoms with E-state index >= 15 is 0 Å². The molecule has 1 atom stereocenters. The van der Waals surface area contributed by atoms with Gasteiger partial charge in [-0.05, 0) is 25.8 Å². The maximum absolute atomic E-state index is 13.5. The molecule has 2 aliphatic rings. The van der Waals surface area contributed by atoms with Crippen molar-refractivity contribution in [3.63, 3.8) is 0 Å². The average Bonchev–Trinajstić information content (AvgIpc) is 3.44. The van der Waals surface area contributed by atoms with Crippen LogP contribution in [0.3, 0.4) is 0 Å². The van der Waals surface area contributed by atoms with Gasteiger partial charge in [-0.15, -0.1) is 10.2 Å². The van der Waals surface area contributed by atoms with Crippen LogP contribution in [0.25, 0.3) is 10.9 Å². The fourth-order valence-electron chi connectivity index (χ4n) is 5.06. The van der Waals surface area contributed by atoms with Crippen LogP contribution in [0.1, 0.15) is 42.0 Å². The molecule has 8 heteroatoms. The Bertz CT molecular complexity index is 1050. The van der Waals surface area contributed by atoms with Gasteiger partial charge in [-0.25, -0.2) is 0 Å². The molecule has 1 unspecified atom stereocenters. The standard InChI is InChI=1S/C21H26N6O2/c1-3-26-14-22-23-19(26)16-12-27(13-21(16)8-10-29-11-9-21)20(28)18-15-6-4-5-7-17(15)25(2)24-18/h4-7,14,16H,3,8-13H2,1-2H3. The lowest BCUT2D eigenvalue weighted by Crippen LogP contribution is -2.38. The van der Waals surface area contributed by atoms with Crippen LogP contribution in [-0.4, -0.2) is 61.7 Å². The predicted molar refractivity (Wildman–Crippen MR) is 108 cm³/mol. The Labute approximate surface area is 169 Å². The molecule has 2 aromatic heterocycles. The SMILES string of the molecule is CCn1cnnc1C1CN(C(=O)c2nn(C)c3ccccc23)CC12CCOCC2. The zero-order valence-corrected chi connectivity index (χ0v) is 16.9. The highest BCUT2D eigenvalue weighted by Crippen LogP contribution is 2.49. The van der Waals surface area contributed by atoms with E-state index in [0.29, 0.717) is 18.8 Å². The fourth-order valence-corrected chi connectivity index (χ4v) is 5.06. The van der Waals surface area contributed by atoms with Gasteiger partial charge in [0.25, 0.3) is 5.91 Å². The molecule has 8 nitrogen and oxygen atoms in total. The molecular weight excluding hydrogens is 368 g/mol. The minimum Gasteiger partial charge on any atom is -0.381 e. The van der Waals surface area contributed by atoms with Crippen molar-refractivity contribution in [2.75, 3.05) is 26.3 Å². The summed E-state index contributed by atoms with van der Waals surface area (Å²) in [6, 6.07) is 7.90. The van der Waals surface area contributed by atoms with Gasteiger partial charge in [-0.1, -0.05) is 18.2 Å². The number of hydrogen-bond acceptors (Lipinski definition) is 5. The lowest BCUT2D eigenvalue weighted by atomic mass is 9.71. The summed E-state index contributed by atoms with van der Waals surface area (Å²) >= 11 is 0. The topological polar surface area (TPSA) is 78.1 Å². The molecule has 1 aromatic carbocycles. The fraction of sp³-hybridized carbons (Fsp3) is 0.524. The van der Waals surface area contributed by atoms with E-state index in [9.17, 15) is 4.79 Å². The summed E-state index contributed by atoms with van der Waals surface area (Å²) in [5.74, 6) is 1.14. The molecule has 5 rings (SSSR count). The van der Waals surface area contributed by atoms with E-state index in [4.69, 9.17) is 4.74 Å². The molecule has 0 aliphatic carbocycles. The van der Waals surface area contributed by atoms with Crippen molar-refractivity contribution >= 4 is 16.8 Å². The van der Waals surface area contributed by atoms with Gasteiger partial charge in [0, 0.05) is 56.6 Å². The Morgan fingerprint density at radius 1 is 1.28 bits per heavy atom. The first kappa shape index (κ1) is 18.3. The molecule has 2 aliphatic heterocycles. The Morgan fingerprint density at radius 3 is 2.86 bits per heavy atom. The molecule has 4 heterocycles. The maximum Gasteiger partial charge on any atom is 0.275 e. The average molecular weight is 394 g/mol. The van der Waals surface area contributed by atoms with E-state index in [-0.39, 0.29) is 17.2 Å². The van der Waals surface area contributed by atoms with Crippen LogP contribution in [-0.2, 0) is 18.3 Å². The Hall–Kier alpha value is -2.74. The third-order valence-corrected chi connectivity index (χ3v) is 6.68. The Kier molecular flexibility index (Phi) is 4.38. The van der Waals surface area contributed by atoms with E-state index in [2.05, 4.69) is 26.8 Å². The first-order valence-electron chi connectivity index (χ1n) is 10.3. The normalized spacial score (nSPS) is 21.3. The molecule has 2 fully saturated rings. The summed E-state index contributed by atoms with van der Waals surface area (Å²) in [6.07, 6.45) is 3.65. The molecule has 1 amide bonds. The van der Waals surface area contributed by atoms with Crippen molar-refractivity contribution < 1.29 is 9.53 Å². The number of likely N-dealkylation sites (tertiary alicyclic amines) is 1. The molecule has 3 aromatic rings. The molecule has 1 spiro atoms. The van der Waals surface area contributed by atoms with Gasteiger partial charge < -0.3 is 14.2 Å². The third-order valence-electron chi connectivity index (χ3n) is 6.68. The Balaban J connectivity index is 1.52.